The molecule has 0 spiro atoms. The fraction of sp³-hybridized carbons (Fsp3) is 0.316. The molecule has 27 heavy (non-hydrogen) atoms. The summed E-state index contributed by atoms with van der Waals surface area (Å²) in [5.74, 6) is -1.87. The molecule has 1 amide bonds. The smallest absolute Gasteiger partial charge is 0.367 e. The number of carbonyl (C=O) groups is 1. The van der Waals surface area contributed by atoms with Crippen LogP contribution in [0.3, 0.4) is 0 Å². The number of halogens is 5. The van der Waals surface area contributed by atoms with Gasteiger partial charge < -0.3 is 9.64 Å². The van der Waals surface area contributed by atoms with Crippen molar-refractivity contribution in [3.05, 3.63) is 64.7 Å². The van der Waals surface area contributed by atoms with Crippen LogP contribution in [0.5, 0.6) is 0 Å². The highest BCUT2D eigenvalue weighted by atomic mass is 19.4. The molecule has 0 unspecified atom stereocenters. The van der Waals surface area contributed by atoms with E-state index in [4.69, 9.17) is 0 Å². The molecule has 8 heteroatoms. The average Bonchev–Trinajstić information content (AvgIpc) is 2.60. The lowest BCUT2D eigenvalue weighted by molar-refractivity contribution is -0.176. The van der Waals surface area contributed by atoms with Crippen molar-refractivity contribution in [1.82, 2.24) is 0 Å². The number of hydrogen-bond donors (Lipinski definition) is 0. The zero-order valence-corrected chi connectivity index (χ0v) is 14.2. The largest absolute Gasteiger partial charge is 0.411 e. The fourth-order valence-corrected chi connectivity index (χ4v) is 3.01. The van der Waals surface area contributed by atoms with E-state index < -0.39 is 30.3 Å². The summed E-state index contributed by atoms with van der Waals surface area (Å²) in [4.78, 5) is 14.1. The summed E-state index contributed by atoms with van der Waals surface area (Å²) in [7, 11) is 0. The van der Waals surface area contributed by atoms with Gasteiger partial charge in [-0.05, 0) is 36.6 Å². The van der Waals surface area contributed by atoms with Crippen molar-refractivity contribution in [1.29, 1.82) is 0 Å². The van der Waals surface area contributed by atoms with Crippen molar-refractivity contribution >= 4 is 11.6 Å². The van der Waals surface area contributed by atoms with E-state index >= 15 is 0 Å². The molecule has 1 aliphatic rings. The SMILES string of the molecule is O=C(c1ccc(COCC(F)(F)F)cc1)N1CCCc2c(F)cc(F)cc21. The molecule has 0 bridgehead atoms. The molecule has 1 heterocycles. The maximum absolute atomic E-state index is 14.0. The number of anilines is 1. The number of nitrogens with zero attached hydrogens (tertiary/aromatic N) is 1. The minimum absolute atomic E-state index is 0.210. The predicted molar refractivity (Wildman–Crippen MR) is 88.5 cm³/mol. The van der Waals surface area contributed by atoms with E-state index in [-0.39, 0.29) is 17.9 Å². The number of benzene rings is 2. The highest BCUT2D eigenvalue weighted by Gasteiger charge is 2.28. The van der Waals surface area contributed by atoms with Crippen molar-refractivity contribution in [3.63, 3.8) is 0 Å². The van der Waals surface area contributed by atoms with Gasteiger partial charge >= 0.3 is 6.18 Å². The number of hydrogen-bond acceptors (Lipinski definition) is 2. The second-order valence-electron chi connectivity index (χ2n) is 6.25. The molecular weight excluding hydrogens is 369 g/mol. The Bertz CT molecular complexity index is 833. The van der Waals surface area contributed by atoms with E-state index in [2.05, 4.69) is 4.74 Å². The summed E-state index contributed by atoms with van der Waals surface area (Å²) >= 11 is 0. The Morgan fingerprint density at radius 3 is 2.48 bits per heavy atom. The van der Waals surface area contributed by atoms with E-state index in [1.807, 2.05) is 0 Å². The van der Waals surface area contributed by atoms with Gasteiger partial charge in [-0.3, -0.25) is 4.79 Å². The van der Waals surface area contributed by atoms with Crippen LogP contribution in [-0.2, 0) is 17.8 Å². The summed E-state index contributed by atoms with van der Waals surface area (Å²) in [5.41, 5.74) is 1.26. The number of carbonyl (C=O) groups excluding carboxylic acids is 1. The molecule has 0 saturated carbocycles. The summed E-state index contributed by atoms with van der Waals surface area (Å²) in [6.45, 7) is -1.27. The average molecular weight is 385 g/mol. The molecule has 0 fully saturated rings. The topological polar surface area (TPSA) is 29.5 Å². The second kappa shape index (κ2) is 7.64. The van der Waals surface area contributed by atoms with Gasteiger partial charge in [-0.2, -0.15) is 13.2 Å². The Hall–Kier alpha value is -2.48. The first kappa shape index (κ1) is 19.3. The van der Waals surface area contributed by atoms with Crippen molar-refractivity contribution in [2.45, 2.75) is 25.6 Å². The van der Waals surface area contributed by atoms with Crippen molar-refractivity contribution in [2.24, 2.45) is 0 Å². The van der Waals surface area contributed by atoms with Gasteiger partial charge in [-0.25, -0.2) is 8.78 Å². The van der Waals surface area contributed by atoms with Crippen molar-refractivity contribution in [2.75, 3.05) is 18.1 Å². The van der Waals surface area contributed by atoms with Gasteiger partial charge in [0.1, 0.15) is 18.2 Å². The number of ether oxygens (including phenoxy) is 1. The van der Waals surface area contributed by atoms with Gasteiger partial charge in [0.05, 0.1) is 12.3 Å². The molecule has 1 aliphatic heterocycles. The molecule has 0 aromatic heterocycles. The number of amides is 1. The number of fused-ring (bicyclic) bond motifs is 1. The molecule has 0 radical (unpaired) electrons. The Labute approximate surface area is 152 Å². The summed E-state index contributed by atoms with van der Waals surface area (Å²) < 4.78 is 68.4. The first-order valence-corrected chi connectivity index (χ1v) is 8.28. The number of rotatable bonds is 4. The van der Waals surface area contributed by atoms with Gasteiger partial charge in [0, 0.05) is 23.7 Å². The lowest BCUT2D eigenvalue weighted by Crippen LogP contribution is -2.36. The highest BCUT2D eigenvalue weighted by Crippen LogP contribution is 2.31. The standard InChI is InChI=1S/C19H16F5NO2/c20-14-8-16(21)15-2-1-7-25(17(15)9-14)18(26)13-5-3-12(4-6-13)10-27-11-19(22,23)24/h3-6,8-9H,1-2,7,10-11H2. The summed E-state index contributed by atoms with van der Waals surface area (Å²) in [5, 5.41) is 0. The highest BCUT2D eigenvalue weighted by molar-refractivity contribution is 6.06. The van der Waals surface area contributed by atoms with E-state index in [9.17, 15) is 26.7 Å². The van der Waals surface area contributed by atoms with Crippen LogP contribution in [0.25, 0.3) is 0 Å². The van der Waals surface area contributed by atoms with Crippen LogP contribution in [0.4, 0.5) is 27.6 Å². The van der Waals surface area contributed by atoms with Crippen LogP contribution in [0.1, 0.15) is 27.9 Å². The van der Waals surface area contributed by atoms with Gasteiger partial charge in [0.25, 0.3) is 5.91 Å². The first-order valence-electron chi connectivity index (χ1n) is 8.28. The van der Waals surface area contributed by atoms with Gasteiger partial charge in [-0.1, -0.05) is 12.1 Å². The van der Waals surface area contributed by atoms with E-state index in [0.29, 0.717) is 30.5 Å². The third-order valence-corrected chi connectivity index (χ3v) is 4.22. The molecule has 0 N–H and O–H groups in total. The molecule has 0 saturated heterocycles. The second-order valence-corrected chi connectivity index (χ2v) is 6.25. The molecular formula is C19H16F5NO2. The summed E-state index contributed by atoms with van der Waals surface area (Å²) in [6, 6.07) is 7.82. The molecule has 3 nitrogen and oxygen atoms in total. The van der Waals surface area contributed by atoms with Gasteiger partial charge in [-0.15, -0.1) is 0 Å². The third kappa shape index (κ3) is 4.63. The monoisotopic (exact) mass is 385 g/mol. The molecule has 0 aliphatic carbocycles. The first-order chi connectivity index (χ1) is 12.7. The molecule has 144 valence electrons. The Morgan fingerprint density at radius 2 is 1.81 bits per heavy atom. The zero-order valence-electron chi connectivity index (χ0n) is 14.2. The molecule has 0 atom stereocenters. The minimum atomic E-state index is -4.40. The van der Waals surface area contributed by atoms with Gasteiger partial charge in [0.2, 0.25) is 0 Å². The van der Waals surface area contributed by atoms with Crippen LogP contribution in [0, 0.1) is 11.6 Å². The van der Waals surface area contributed by atoms with Crippen molar-refractivity contribution < 1.29 is 31.5 Å². The minimum Gasteiger partial charge on any atom is -0.367 e. The molecule has 2 aromatic carbocycles. The van der Waals surface area contributed by atoms with Crippen LogP contribution < -0.4 is 4.90 Å². The molecule has 2 aromatic rings. The Kier molecular flexibility index (Phi) is 5.46. The van der Waals surface area contributed by atoms with Crippen LogP contribution in [0.15, 0.2) is 36.4 Å². The molecule has 3 rings (SSSR count). The van der Waals surface area contributed by atoms with E-state index in [0.717, 1.165) is 12.1 Å². The van der Waals surface area contributed by atoms with E-state index in [1.165, 1.54) is 29.2 Å². The number of alkyl halides is 3. The lowest BCUT2D eigenvalue weighted by Gasteiger charge is -2.30. The van der Waals surface area contributed by atoms with E-state index in [1.54, 1.807) is 0 Å². The quantitative estimate of drug-likeness (QED) is 0.718. The van der Waals surface area contributed by atoms with Crippen LogP contribution >= 0.6 is 0 Å². The lowest BCUT2D eigenvalue weighted by atomic mass is 9.99. The summed E-state index contributed by atoms with van der Waals surface area (Å²) in [6.07, 6.45) is -3.44. The Balaban J connectivity index is 1.74. The predicted octanol–water partition coefficient (Wildman–Crippen LogP) is 4.64. The zero-order chi connectivity index (χ0) is 19.6. The van der Waals surface area contributed by atoms with Gasteiger partial charge in [0.15, 0.2) is 0 Å². The van der Waals surface area contributed by atoms with Crippen LogP contribution in [0.2, 0.25) is 0 Å². The van der Waals surface area contributed by atoms with Crippen molar-refractivity contribution in [3.8, 4) is 0 Å². The fourth-order valence-electron chi connectivity index (χ4n) is 3.01. The normalized spacial score (nSPS) is 14.2. The maximum atomic E-state index is 14.0. The third-order valence-electron chi connectivity index (χ3n) is 4.22. The van der Waals surface area contributed by atoms with Crippen LogP contribution in [-0.4, -0.2) is 25.2 Å². The Morgan fingerprint density at radius 1 is 1.11 bits per heavy atom. The maximum Gasteiger partial charge on any atom is 0.411 e.